The highest BCUT2D eigenvalue weighted by Crippen LogP contribution is 2.50. The summed E-state index contributed by atoms with van der Waals surface area (Å²) < 4.78 is 17.1. The number of benzene rings is 1. The molecule has 0 radical (unpaired) electrons. The number of amides is 3. The van der Waals surface area contributed by atoms with Gasteiger partial charge in [0.2, 0.25) is 28.9 Å². The van der Waals surface area contributed by atoms with Crippen molar-refractivity contribution < 1.29 is 28.6 Å². The van der Waals surface area contributed by atoms with Gasteiger partial charge in [0.25, 0.3) is 0 Å². The van der Waals surface area contributed by atoms with E-state index in [9.17, 15) is 19.2 Å². The first-order valence-electron chi connectivity index (χ1n) is 14.6. The number of aryl methyl sites for hydroxylation is 1. The molecule has 1 aliphatic rings. The zero-order chi connectivity index (χ0) is 33.4. The van der Waals surface area contributed by atoms with Crippen LogP contribution in [0.2, 0.25) is 0 Å². The van der Waals surface area contributed by atoms with Crippen molar-refractivity contribution >= 4 is 51.6 Å². The predicted molar refractivity (Wildman–Crippen MR) is 182 cm³/mol. The molecule has 14 heteroatoms. The molecule has 4 N–H and O–H groups in total. The Morgan fingerprint density at radius 1 is 1.11 bits per heavy atom. The molecule has 2 unspecified atom stereocenters. The molecule has 3 aromatic rings. The van der Waals surface area contributed by atoms with E-state index in [-0.39, 0.29) is 35.3 Å². The maximum atomic E-state index is 13.8. The van der Waals surface area contributed by atoms with E-state index in [0.29, 0.717) is 64.2 Å². The second-order valence-electron chi connectivity index (χ2n) is 10.6. The van der Waals surface area contributed by atoms with Gasteiger partial charge in [-0.1, -0.05) is 6.07 Å². The van der Waals surface area contributed by atoms with Gasteiger partial charge in [0, 0.05) is 24.9 Å². The molecule has 3 amide bonds. The lowest BCUT2D eigenvalue weighted by Crippen LogP contribution is -2.36. The Morgan fingerprint density at radius 3 is 2.52 bits per heavy atom. The van der Waals surface area contributed by atoms with Crippen molar-refractivity contribution in [2.24, 2.45) is 0 Å². The van der Waals surface area contributed by atoms with Crippen molar-refractivity contribution in [1.82, 2.24) is 15.6 Å². The maximum Gasteiger partial charge on any atom is 0.248 e. The molecular formula is C32H39N5O7S2. The summed E-state index contributed by atoms with van der Waals surface area (Å²) in [4.78, 5) is 55.6. The molecule has 0 saturated heterocycles. The molecule has 1 heterocycles. The second kappa shape index (κ2) is 15.8. The number of nitrogens with zero attached hydrogens (tertiary/aromatic N) is 1. The Bertz CT molecular complexity index is 1660. The van der Waals surface area contributed by atoms with Gasteiger partial charge in [-0.2, -0.15) is 11.8 Å². The Kier molecular flexibility index (Phi) is 11.9. The van der Waals surface area contributed by atoms with Gasteiger partial charge >= 0.3 is 0 Å². The summed E-state index contributed by atoms with van der Waals surface area (Å²) in [6.45, 7) is 1.44. The number of aromatic nitrogens is 1. The van der Waals surface area contributed by atoms with Crippen LogP contribution in [-0.2, 0) is 27.2 Å². The summed E-state index contributed by atoms with van der Waals surface area (Å²) in [5, 5.41) is 13.6. The SMILES string of the molecule is CNC(=O)Cc1csc(NC(=O)C(CCSC)Nc2ccc3c(cc2=O)C(NC(C)=O)CCc2cc(OC)c(OC)c(OC)c2-3)n1. The van der Waals surface area contributed by atoms with E-state index < -0.39 is 12.1 Å². The monoisotopic (exact) mass is 669 g/mol. The summed E-state index contributed by atoms with van der Waals surface area (Å²) in [5.41, 5.74) is 3.37. The molecule has 12 nitrogen and oxygen atoms in total. The normalized spacial score (nSPS) is 14.1. The molecule has 0 fully saturated rings. The maximum absolute atomic E-state index is 13.8. The number of anilines is 2. The standard InChI is InChI=1S/C32H39N5O7S2/c1-17(38)34-22-9-7-18-13-26(42-3)29(43-4)30(44-5)28(18)20-8-10-23(25(39)15-21(20)22)36-24(11-12-45-6)31(41)37-32-35-19(16-46-32)14-27(40)33-2/h8,10,13,15-16,22,24H,7,9,11-12,14H2,1-6H3,(H,33,40)(H,34,38)(H,36,39)(H,35,37,41). The van der Waals surface area contributed by atoms with Gasteiger partial charge in [0.15, 0.2) is 16.6 Å². The van der Waals surface area contributed by atoms with Gasteiger partial charge in [-0.3, -0.25) is 19.2 Å². The lowest BCUT2D eigenvalue weighted by Gasteiger charge is -2.19. The van der Waals surface area contributed by atoms with Gasteiger partial charge in [-0.15, -0.1) is 11.3 Å². The number of likely N-dealkylation sites (N-methyl/N-ethyl adjacent to an activating group) is 1. The third-order valence-electron chi connectivity index (χ3n) is 7.58. The minimum atomic E-state index is -0.758. The third-order valence-corrected chi connectivity index (χ3v) is 9.03. The second-order valence-corrected chi connectivity index (χ2v) is 12.4. The molecule has 4 rings (SSSR count). The lowest BCUT2D eigenvalue weighted by molar-refractivity contribution is -0.120. The molecule has 2 atom stereocenters. The van der Waals surface area contributed by atoms with Crippen LogP contribution in [0.3, 0.4) is 0 Å². The zero-order valence-corrected chi connectivity index (χ0v) is 28.3. The van der Waals surface area contributed by atoms with Crippen molar-refractivity contribution in [2.75, 3.05) is 51.0 Å². The number of thiazole rings is 1. The Morgan fingerprint density at radius 2 is 1.87 bits per heavy atom. The van der Waals surface area contributed by atoms with Crippen LogP contribution in [0.25, 0.3) is 11.1 Å². The average molecular weight is 670 g/mol. The Hall–Kier alpha value is -4.30. The van der Waals surface area contributed by atoms with Crippen molar-refractivity contribution in [3.63, 3.8) is 0 Å². The van der Waals surface area contributed by atoms with Gasteiger partial charge < -0.3 is 35.5 Å². The number of hydrogen-bond donors (Lipinski definition) is 4. The highest BCUT2D eigenvalue weighted by atomic mass is 32.2. The van der Waals surface area contributed by atoms with Gasteiger partial charge in [-0.05, 0) is 66.2 Å². The number of ether oxygens (including phenoxy) is 3. The summed E-state index contributed by atoms with van der Waals surface area (Å²) in [6.07, 6.45) is 3.58. The molecule has 1 aliphatic carbocycles. The molecule has 46 heavy (non-hydrogen) atoms. The van der Waals surface area contributed by atoms with Gasteiger partial charge in [0.1, 0.15) is 6.04 Å². The smallest absolute Gasteiger partial charge is 0.248 e. The summed E-state index contributed by atoms with van der Waals surface area (Å²) in [7, 11) is 6.18. The van der Waals surface area contributed by atoms with E-state index >= 15 is 0 Å². The molecule has 1 aromatic heterocycles. The van der Waals surface area contributed by atoms with Crippen LogP contribution >= 0.6 is 23.1 Å². The first-order valence-corrected chi connectivity index (χ1v) is 16.9. The average Bonchev–Trinajstić information content (AvgIpc) is 3.34. The number of carbonyl (C=O) groups excluding carboxylic acids is 3. The number of methoxy groups -OCH3 is 3. The first-order chi connectivity index (χ1) is 22.1. The molecule has 0 bridgehead atoms. The van der Waals surface area contributed by atoms with E-state index in [2.05, 4.69) is 26.3 Å². The summed E-state index contributed by atoms with van der Waals surface area (Å²) in [6, 6.07) is 5.65. The van der Waals surface area contributed by atoms with E-state index in [4.69, 9.17) is 14.2 Å². The van der Waals surface area contributed by atoms with Crippen molar-refractivity contribution in [2.45, 2.75) is 44.7 Å². The van der Waals surface area contributed by atoms with Crippen molar-refractivity contribution in [3.05, 3.63) is 56.7 Å². The number of hydrogen-bond acceptors (Lipinski definition) is 11. The molecule has 0 spiro atoms. The van der Waals surface area contributed by atoms with Crippen molar-refractivity contribution in [3.8, 4) is 28.4 Å². The fourth-order valence-electron chi connectivity index (χ4n) is 5.41. The minimum absolute atomic E-state index is 0.105. The zero-order valence-electron chi connectivity index (χ0n) is 26.7. The van der Waals surface area contributed by atoms with Crippen LogP contribution in [0.15, 0.2) is 34.4 Å². The highest BCUT2D eigenvalue weighted by molar-refractivity contribution is 7.98. The van der Waals surface area contributed by atoms with Crippen LogP contribution in [0.1, 0.15) is 42.6 Å². The van der Waals surface area contributed by atoms with Crippen LogP contribution in [0.4, 0.5) is 10.8 Å². The Balaban J connectivity index is 1.77. The molecule has 2 aromatic carbocycles. The number of rotatable bonds is 13. The quantitative estimate of drug-likeness (QED) is 0.211. The van der Waals surface area contributed by atoms with Crippen LogP contribution in [-0.4, -0.2) is 69.1 Å². The Labute approximate surface area is 276 Å². The largest absolute Gasteiger partial charge is 0.493 e. The van der Waals surface area contributed by atoms with Crippen LogP contribution in [0, 0.1) is 0 Å². The summed E-state index contributed by atoms with van der Waals surface area (Å²) in [5.74, 6) is 1.26. The summed E-state index contributed by atoms with van der Waals surface area (Å²) >= 11 is 2.80. The minimum Gasteiger partial charge on any atom is -0.493 e. The predicted octanol–water partition coefficient (Wildman–Crippen LogP) is 3.78. The van der Waals surface area contributed by atoms with E-state index in [0.717, 1.165) is 11.1 Å². The number of carbonyl (C=O) groups is 3. The fraction of sp³-hybridized carbons (Fsp3) is 0.406. The molecule has 246 valence electrons. The van der Waals surface area contributed by atoms with Gasteiger partial charge in [-0.25, -0.2) is 4.98 Å². The number of fused-ring (bicyclic) bond motifs is 3. The molecular weight excluding hydrogens is 631 g/mol. The number of nitrogens with one attached hydrogen (secondary N) is 4. The van der Waals surface area contributed by atoms with E-state index in [1.807, 2.05) is 18.4 Å². The first kappa shape index (κ1) is 34.6. The fourth-order valence-corrected chi connectivity index (χ4v) is 6.59. The lowest BCUT2D eigenvalue weighted by atomic mass is 9.95. The highest BCUT2D eigenvalue weighted by Gasteiger charge is 2.30. The topological polar surface area (TPSA) is 157 Å². The van der Waals surface area contributed by atoms with Gasteiger partial charge in [0.05, 0.1) is 45.2 Å². The van der Waals surface area contributed by atoms with E-state index in [1.165, 1.54) is 31.4 Å². The molecule has 0 aliphatic heterocycles. The van der Waals surface area contributed by atoms with E-state index in [1.54, 1.807) is 44.5 Å². The molecule has 0 saturated carbocycles. The van der Waals surface area contributed by atoms with Crippen molar-refractivity contribution in [1.29, 1.82) is 0 Å². The number of thioether (sulfide) groups is 1. The van der Waals surface area contributed by atoms with Crippen LogP contribution in [0.5, 0.6) is 17.2 Å². The van der Waals surface area contributed by atoms with Crippen LogP contribution < -0.4 is 40.9 Å². The third kappa shape index (κ3) is 7.91.